The number of hydrogen-bond donors (Lipinski definition) is 3. The second kappa shape index (κ2) is 9.97. The average molecular weight is 464 g/mol. The Bertz CT molecular complexity index is 1080. The average Bonchev–Trinajstić information content (AvgIpc) is 3.36. The number of nitrogens with zero attached hydrogens (tertiary/aromatic N) is 1. The maximum Gasteiger partial charge on any atom is 0.261 e. The number of aliphatic hydroxyl groups excluding tert-OH is 1. The Hall–Kier alpha value is -3.19. The highest BCUT2D eigenvalue weighted by Crippen LogP contribution is 2.40. The Morgan fingerprint density at radius 1 is 0.971 bits per heavy atom. The van der Waals surface area contributed by atoms with E-state index in [1.54, 1.807) is 6.07 Å². The molecule has 0 saturated heterocycles. The summed E-state index contributed by atoms with van der Waals surface area (Å²) in [4.78, 5) is 39.6. The van der Waals surface area contributed by atoms with Crippen LogP contribution < -0.4 is 15.8 Å². The number of amides is 3. The van der Waals surface area contributed by atoms with Gasteiger partial charge in [-0.3, -0.25) is 19.8 Å². The van der Waals surface area contributed by atoms with Crippen LogP contribution in [0, 0.1) is 11.8 Å². The van der Waals surface area contributed by atoms with E-state index in [2.05, 4.69) is 10.7 Å². The summed E-state index contributed by atoms with van der Waals surface area (Å²) in [6.07, 6.45) is 2.49. The van der Waals surface area contributed by atoms with Crippen molar-refractivity contribution in [1.29, 1.82) is 0 Å². The van der Waals surface area contributed by atoms with Crippen molar-refractivity contribution in [2.75, 3.05) is 5.01 Å². The molecule has 1 saturated carbocycles. The van der Waals surface area contributed by atoms with Gasteiger partial charge in [-0.15, -0.1) is 0 Å². The molecule has 2 aromatic rings. The molecule has 2 unspecified atom stereocenters. The van der Waals surface area contributed by atoms with Gasteiger partial charge in [-0.1, -0.05) is 69.2 Å². The normalized spacial score (nSPS) is 19.7. The Kier molecular flexibility index (Phi) is 7.03. The van der Waals surface area contributed by atoms with E-state index in [4.69, 9.17) is 0 Å². The summed E-state index contributed by atoms with van der Waals surface area (Å²) in [5.74, 6) is -2.08. The van der Waals surface area contributed by atoms with Gasteiger partial charge in [0, 0.05) is 5.56 Å². The molecule has 1 aliphatic carbocycles. The molecular formula is C27H33N3O4. The van der Waals surface area contributed by atoms with Gasteiger partial charge in [-0.05, 0) is 48.8 Å². The van der Waals surface area contributed by atoms with E-state index >= 15 is 0 Å². The van der Waals surface area contributed by atoms with Crippen LogP contribution in [-0.4, -0.2) is 35.0 Å². The lowest BCUT2D eigenvalue weighted by Crippen LogP contribution is -2.58. The summed E-state index contributed by atoms with van der Waals surface area (Å²) in [6.45, 7) is 5.47. The number of fused-ring (bicyclic) bond motifs is 3. The number of nitrogens with one attached hydrogen (secondary N) is 2. The molecule has 0 spiro atoms. The van der Waals surface area contributed by atoms with E-state index in [0.717, 1.165) is 42.4 Å². The number of aliphatic hydroxyl groups is 1. The van der Waals surface area contributed by atoms with Crippen LogP contribution in [0.15, 0.2) is 48.5 Å². The molecule has 2 aliphatic rings. The van der Waals surface area contributed by atoms with E-state index in [1.807, 2.05) is 63.2 Å². The van der Waals surface area contributed by atoms with Crippen LogP contribution in [0.5, 0.6) is 0 Å². The van der Waals surface area contributed by atoms with E-state index in [1.165, 1.54) is 5.01 Å². The molecular weight excluding hydrogens is 430 g/mol. The molecule has 3 N–H and O–H groups in total. The molecule has 180 valence electrons. The fourth-order valence-corrected chi connectivity index (χ4v) is 5.02. The number of carbonyl (C=O) groups excluding carboxylic acids is 3. The zero-order valence-electron chi connectivity index (χ0n) is 20.0. The summed E-state index contributed by atoms with van der Waals surface area (Å²) < 4.78 is 0. The Balaban J connectivity index is 1.59. The first-order valence-corrected chi connectivity index (χ1v) is 12.1. The summed E-state index contributed by atoms with van der Waals surface area (Å²) in [5.41, 5.74) is 6.04. The molecule has 7 nitrogen and oxygen atoms in total. The van der Waals surface area contributed by atoms with Crippen molar-refractivity contribution in [3.05, 3.63) is 54.1 Å². The monoisotopic (exact) mass is 463 g/mol. The quantitative estimate of drug-likeness (QED) is 0.610. The molecule has 34 heavy (non-hydrogen) atoms. The molecule has 0 radical (unpaired) electrons. The maximum atomic E-state index is 13.5. The Morgan fingerprint density at radius 3 is 2.26 bits per heavy atom. The predicted octanol–water partition coefficient (Wildman–Crippen LogP) is 3.53. The largest absolute Gasteiger partial charge is 0.383 e. The molecule has 1 heterocycles. The zero-order valence-corrected chi connectivity index (χ0v) is 20.0. The van der Waals surface area contributed by atoms with Crippen LogP contribution in [-0.2, 0) is 14.4 Å². The standard InChI is InChI=1S/C27H33N3O4/c1-16(2)23(28-26(33)24(31)18-10-4-5-11-18)25(32)29-30-22-15-9-8-14-21(22)20-13-7-6-12-19(20)17(3)27(30)34/h6-9,12-18,23-24,31H,4-5,10-11H2,1-3H3,(H,28,33)(H,29,32)/t17?,23-,24?/m0/s1. The van der Waals surface area contributed by atoms with Crippen LogP contribution in [0.2, 0.25) is 0 Å². The number of benzene rings is 2. The van der Waals surface area contributed by atoms with E-state index in [9.17, 15) is 19.5 Å². The second-order valence-electron chi connectivity index (χ2n) is 9.70. The van der Waals surface area contributed by atoms with Crippen LogP contribution in [0.3, 0.4) is 0 Å². The third kappa shape index (κ3) is 4.57. The molecule has 0 aromatic heterocycles. The topological polar surface area (TPSA) is 98.7 Å². The van der Waals surface area contributed by atoms with Gasteiger partial charge in [0.15, 0.2) is 0 Å². The van der Waals surface area contributed by atoms with Crippen molar-refractivity contribution < 1.29 is 19.5 Å². The van der Waals surface area contributed by atoms with Crippen LogP contribution in [0.1, 0.15) is 57.9 Å². The Morgan fingerprint density at radius 2 is 1.59 bits per heavy atom. The minimum atomic E-state index is -1.13. The fourth-order valence-electron chi connectivity index (χ4n) is 5.02. The highest BCUT2D eigenvalue weighted by atomic mass is 16.3. The molecule has 1 fully saturated rings. The molecule has 3 atom stereocenters. The van der Waals surface area contributed by atoms with Gasteiger partial charge in [0.05, 0.1) is 11.6 Å². The van der Waals surface area contributed by atoms with E-state index in [0.29, 0.717) is 5.69 Å². The van der Waals surface area contributed by atoms with Crippen molar-refractivity contribution >= 4 is 23.4 Å². The van der Waals surface area contributed by atoms with E-state index < -0.39 is 29.9 Å². The molecule has 3 amide bonds. The fraction of sp³-hybridized carbons (Fsp3) is 0.444. The van der Waals surface area contributed by atoms with Gasteiger partial charge < -0.3 is 10.4 Å². The van der Waals surface area contributed by atoms with Crippen LogP contribution >= 0.6 is 0 Å². The highest BCUT2D eigenvalue weighted by molar-refractivity contribution is 6.07. The van der Waals surface area contributed by atoms with Gasteiger partial charge in [0.2, 0.25) is 5.91 Å². The lowest BCUT2D eigenvalue weighted by molar-refractivity contribution is -0.137. The van der Waals surface area contributed by atoms with Crippen molar-refractivity contribution in [1.82, 2.24) is 10.7 Å². The Labute approximate surface area is 200 Å². The first-order chi connectivity index (χ1) is 16.3. The van der Waals surface area contributed by atoms with Gasteiger partial charge in [0.1, 0.15) is 12.1 Å². The van der Waals surface area contributed by atoms with Crippen molar-refractivity contribution in [3.8, 4) is 11.1 Å². The van der Waals surface area contributed by atoms with Gasteiger partial charge >= 0.3 is 0 Å². The SMILES string of the molecule is CC1C(=O)N(NC(=O)[C@@H](NC(=O)C(O)C2CCCC2)C(C)C)c2ccccc2-c2ccccc21. The third-order valence-electron chi connectivity index (χ3n) is 7.04. The number of rotatable bonds is 6. The van der Waals surface area contributed by atoms with Gasteiger partial charge in [-0.2, -0.15) is 0 Å². The number of para-hydroxylation sites is 1. The van der Waals surface area contributed by atoms with Crippen LogP contribution in [0.25, 0.3) is 11.1 Å². The first kappa shape index (κ1) is 24.0. The number of hydrogen-bond acceptors (Lipinski definition) is 4. The highest BCUT2D eigenvalue weighted by Gasteiger charge is 2.36. The summed E-state index contributed by atoms with van der Waals surface area (Å²) in [7, 11) is 0. The lowest BCUT2D eigenvalue weighted by atomic mass is 9.92. The number of hydrazine groups is 1. The van der Waals surface area contributed by atoms with Crippen molar-refractivity contribution in [2.45, 2.75) is 64.5 Å². The first-order valence-electron chi connectivity index (χ1n) is 12.1. The van der Waals surface area contributed by atoms with Crippen molar-refractivity contribution in [3.63, 3.8) is 0 Å². The summed E-state index contributed by atoms with van der Waals surface area (Å²) >= 11 is 0. The summed E-state index contributed by atoms with van der Waals surface area (Å²) in [5, 5.41) is 14.5. The molecule has 7 heteroatoms. The third-order valence-corrected chi connectivity index (χ3v) is 7.04. The van der Waals surface area contributed by atoms with Gasteiger partial charge in [0.25, 0.3) is 11.8 Å². The molecule has 1 aliphatic heterocycles. The zero-order chi connectivity index (χ0) is 24.4. The second-order valence-corrected chi connectivity index (χ2v) is 9.70. The molecule has 0 bridgehead atoms. The molecule has 2 aromatic carbocycles. The smallest absolute Gasteiger partial charge is 0.261 e. The minimum Gasteiger partial charge on any atom is -0.383 e. The predicted molar refractivity (Wildman–Crippen MR) is 131 cm³/mol. The van der Waals surface area contributed by atoms with E-state index in [-0.39, 0.29) is 17.7 Å². The number of carbonyl (C=O) groups is 3. The van der Waals surface area contributed by atoms with Crippen molar-refractivity contribution in [2.24, 2.45) is 11.8 Å². The van der Waals surface area contributed by atoms with Gasteiger partial charge in [-0.25, -0.2) is 5.01 Å². The minimum absolute atomic E-state index is 0.0747. The lowest BCUT2D eigenvalue weighted by Gasteiger charge is -2.30. The maximum absolute atomic E-state index is 13.5. The number of anilines is 1. The summed E-state index contributed by atoms with van der Waals surface area (Å²) in [6, 6.07) is 14.3. The molecule has 4 rings (SSSR count). The van der Waals surface area contributed by atoms with Crippen LogP contribution in [0.4, 0.5) is 5.69 Å².